The molecule has 4 heteroatoms. The summed E-state index contributed by atoms with van der Waals surface area (Å²) in [6, 6.07) is 0.991. The van der Waals surface area contributed by atoms with E-state index in [9.17, 15) is 4.79 Å². The molecule has 80 valence electrons. The predicted octanol–water partition coefficient (Wildman–Crippen LogP) is -0.312. The minimum atomic E-state index is 0.172. The van der Waals surface area contributed by atoms with Gasteiger partial charge < -0.3 is 11.1 Å². The second-order valence-corrected chi connectivity index (χ2v) is 4.39. The van der Waals surface area contributed by atoms with Crippen LogP contribution in [0.1, 0.15) is 25.7 Å². The van der Waals surface area contributed by atoms with Crippen molar-refractivity contribution < 1.29 is 4.79 Å². The Morgan fingerprint density at radius 1 is 1.29 bits per heavy atom. The molecule has 1 heterocycles. The maximum Gasteiger partial charge on any atom is 0.234 e. The fourth-order valence-corrected chi connectivity index (χ4v) is 2.44. The summed E-state index contributed by atoms with van der Waals surface area (Å²) in [7, 11) is 0. The summed E-state index contributed by atoms with van der Waals surface area (Å²) in [6.07, 6.45) is 4.55. The summed E-state index contributed by atoms with van der Waals surface area (Å²) in [6.45, 7) is 2.40. The average molecular weight is 197 g/mol. The van der Waals surface area contributed by atoms with E-state index < -0.39 is 0 Å². The van der Waals surface area contributed by atoms with Crippen LogP contribution >= 0.6 is 0 Å². The summed E-state index contributed by atoms with van der Waals surface area (Å²) in [4.78, 5) is 13.5. The van der Waals surface area contributed by atoms with Crippen LogP contribution < -0.4 is 11.1 Å². The van der Waals surface area contributed by atoms with Gasteiger partial charge >= 0.3 is 0 Å². The van der Waals surface area contributed by atoms with Gasteiger partial charge in [-0.1, -0.05) is 0 Å². The van der Waals surface area contributed by atoms with Crippen molar-refractivity contribution in [3.05, 3.63) is 0 Å². The third kappa shape index (κ3) is 2.25. The summed E-state index contributed by atoms with van der Waals surface area (Å²) >= 11 is 0. The molecule has 0 aromatic heterocycles. The minimum Gasteiger partial charge on any atom is -0.354 e. The van der Waals surface area contributed by atoms with Gasteiger partial charge in [0.2, 0.25) is 5.91 Å². The van der Waals surface area contributed by atoms with Crippen molar-refractivity contribution in [3.8, 4) is 0 Å². The highest BCUT2D eigenvalue weighted by molar-refractivity contribution is 5.78. The lowest BCUT2D eigenvalue weighted by Crippen LogP contribution is -2.52. The summed E-state index contributed by atoms with van der Waals surface area (Å²) < 4.78 is 0. The van der Waals surface area contributed by atoms with Crippen LogP contribution in [0.5, 0.6) is 0 Å². The maximum atomic E-state index is 11.2. The van der Waals surface area contributed by atoms with Crippen LogP contribution in [-0.4, -0.2) is 42.5 Å². The molecule has 0 unspecified atom stereocenters. The third-order valence-electron chi connectivity index (χ3n) is 3.33. The van der Waals surface area contributed by atoms with E-state index >= 15 is 0 Å². The van der Waals surface area contributed by atoms with Gasteiger partial charge in [-0.2, -0.15) is 0 Å². The lowest BCUT2D eigenvalue weighted by atomic mass is 9.90. The Labute approximate surface area is 84.8 Å². The third-order valence-corrected chi connectivity index (χ3v) is 3.33. The Balaban J connectivity index is 1.85. The van der Waals surface area contributed by atoms with Crippen molar-refractivity contribution in [2.24, 2.45) is 5.73 Å². The van der Waals surface area contributed by atoms with E-state index in [4.69, 9.17) is 5.73 Å². The molecule has 0 spiro atoms. The van der Waals surface area contributed by atoms with Gasteiger partial charge in [0.15, 0.2) is 0 Å². The molecular weight excluding hydrogens is 178 g/mol. The van der Waals surface area contributed by atoms with Crippen molar-refractivity contribution in [3.63, 3.8) is 0 Å². The second kappa shape index (κ2) is 4.28. The molecule has 3 N–H and O–H groups in total. The van der Waals surface area contributed by atoms with Crippen LogP contribution in [0.3, 0.4) is 0 Å². The quantitative estimate of drug-likeness (QED) is 0.606. The molecule has 0 bridgehead atoms. The second-order valence-electron chi connectivity index (χ2n) is 4.39. The van der Waals surface area contributed by atoms with Gasteiger partial charge in [0.1, 0.15) is 0 Å². The fourth-order valence-electron chi connectivity index (χ4n) is 2.44. The van der Waals surface area contributed by atoms with E-state index in [-0.39, 0.29) is 5.91 Å². The van der Waals surface area contributed by atoms with Crippen LogP contribution in [0.25, 0.3) is 0 Å². The van der Waals surface area contributed by atoms with Gasteiger partial charge in [-0.3, -0.25) is 9.69 Å². The van der Waals surface area contributed by atoms with Crippen molar-refractivity contribution in [2.75, 3.05) is 19.6 Å². The van der Waals surface area contributed by atoms with Gasteiger partial charge in [0.05, 0.1) is 6.54 Å². The highest BCUT2D eigenvalue weighted by Gasteiger charge is 2.27. The minimum absolute atomic E-state index is 0.172. The number of nitrogens with two attached hydrogens (primary N) is 1. The largest absolute Gasteiger partial charge is 0.354 e. The van der Waals surface area contributed by atoms with Crippen LogP contribution in [0, 0.1) is 0 Å². The van der Waals surface area contributed by atoms with Crippen molar-refractivity contribution in [1.29, 1.82) is 0 Å². The molecule has 2 rings (SSSR count). The molecule has 1 aliphatic carbocycles. The van der Waals surface area contributed by atoms with Crippen LogP contribution in [0.4, 0.5) is 0 Å². The maximum absolute atomic E-state index is 11.2. The number of piperazine rings is 1. The van der Waals surface area contributed by atoms with Gasteiger partial charge in [0.25, 0.3) is 0 Å². The molecule has 1 aliphatic heterocycles. The number of rotatable bonds is 1. The molecule has 1 saturated carbocycles. The zero-order valence-electron chi connectivity index (χ0n) is 8.54. The topological polar surface area (TPSA) is 58.4 Å². The number of carbonyl (C=O) groups excluding carboxylic acids is 1. The van der Waals surface area contributed by atoms with Gasteiger partial charge in [-0.25, -0.2) is 0 Å². The normalized spacial score (nSPS) is 35.4. The van der Waals surface area contributed by atoms with E-state index in [1.807, 2.05) is 0 Å². The Hall–Kier alpha value is -0.610. The Morgan fingerprint density at radius 3 is 2.64 bits per heavy atom. The number of carbonyl (C=O) groups is 1. The summed E-state index contributed by atoms with van der Waals surface area (Å²) in [5, 5.41) is 2.85. The predicted molar refractivity (Wildman–Crippen MR) is 54.8 cm³/mol. The van der Waals surface area contributed by atoms with E-state index in [0.29, 0.717) is 18.6 Å². The molecule has 1 amide bonds. The first-order valence-corrected chi connectivity index (χ1v) is 5.52. The van der Waals surface area contributed by atoms with Crippen molar-refractivity contribution >= 4 is 5.91 Å². The molecule has 2 aliphatic rings. The van der Waals surface area contributed by atoms with Crippen molar-refractivity contribution in [1.82, 2.24) is 10.2 Å². The van der Waals surface area contributed by atoms with Crippen molar-refractivity contribution in [2.45, 2.75) is 37.8 Å². The molecule has 1 saturated heterocycles. The molecule has 0 aromatic rings. The summed E-state index contributed by atoms with van der Waals surface area (Å²) in [5.41, 5.74) is 5.86. The number of amides is 1. The van der Waals surface area contributed by atoms with Crippen LogP contribution in [-0.2, 0) is 4.79 Å². The molecule has 0 aromatic carbocycles. The Morgan fingerprint density at radius 2 is 2.00 bits per heavy atom. The highest BCUT2D eigenvalue weighted by Crippen LogP contribution is 2.22. The van der Waals surface area contributed by atoms with Crippen LogP contribution in [0.15, 0.2) is 0 Å². The first-order chi connectivity index (χ1) is 6.75. The smallest absolute Gasteiger partial charge is 0.234 e. The highest BCUT2D eigenvalue weighted by atomic mass is 16.2. The van der Waals surface area contributed by atoms with E-state index in [0.717, 1.165) is 38.8 Å². The zero-order valence-corrected chi connectivity index (χ0v) is 8.54. The van der Waals surface area contributed by atoms with Gasteiger partial charge in [-0.05, 0) is 25.7 Å². The van der Waals surface area contributed by atoms with Gasteiger partial charge in [0, 0.05) is 25.2 Å². The number of nitrogens with one attached hydrogen (secondary N) is 1. The summed E-state index contributed by atoms with van der Waals surface area (Å²) in [5.74, 6) is 0.172. The SMILES string of the molecule is N[C@H]1CC[C@H](N2CCNC(=O)C2)CC1. The average Bonchev–Trinajstić information content (AvgIpc) is 2.19. The van der Waals surface area contributed by atoms with E-state index in [1.54, 1.807) is 0 Å². The van der Waals surface area contributed by atoms with Gasteiger partial charge in [-0.15, -0.1) is 0 Å². The lowest BCUT2D eigenvalue weighted by molar-refractivity contribution is -0.125. The molecule has 4 nitrogen and oxygen atoms in total. The van der Waals surface area contributed by atoms with Crippen LogP contribution in [0.2, 0.25) is 0 Å². The first-order valence-electron chi connectivity index (χ1n) is 5.52. The number of hydrogen-bond donors (Lipinski definition) is 2. The standard InChI is InChI=1S/C10H19N3O/c11-8-1-3-9(4-2-8)13-6-5-12-10(14)7-13/h8-9H,1-7,11H2,(H,12,14)/t8-,9-. The Bertz CT molecular complexity index is 211. The molecular formula is C10H19N3O. The first kappa shape index (κ1) is 9.93. The fraction of sp³-hybridized carbons (Fsp3) is 0.900. The number of hydrogen-bond acceptors (Lipinski definition) is 3. The molecule has 14 heavy (non-hydrogen) atoms. The molecule has 0 atom stereocenters. The molecule has 0 radical (unpaired) electrons. The monoisotopic (exact) mass is 197 g/mol. The van der Waals surface area contributed by atoms with E-state index in [1.165, 1.54) is 0 Å². The molecule has 2 fully saturated rings. The number of nitrogens with zero attached hydrogens (tertiary/aromatic N) is 1. The lowest BCUT2D eigenvalue weighted by Gasteiger charge is -2.37. The zero-order chi connectivity index (χ0) is 9.97. The Kier molecular flexibility index (Phi) is 3.03. The van der Waals surface area contributed by atoms with E-state index in [2.05, 4.69) is 10.2 Å².